The summed E-state index contributed by atoms with van der Waals surface area (Å²) >= 11 is 1.93. The summed E-state index contributed by atoms with van der Waals surface area (Å²) in [6, 6.07) is 9.61. The third-order valence-electron chi connectivity index (χ3n) is 4.20. The molecule has 126 valence electrons. The van der Waals surface area contributed by atoms with Crippen molar-refractivity contribution >= 4 is 17.7 Å². The summed E-state index contributed by atoms with van der Waals surface area (Å²) in [5.41, 5.74) is 3.64. The van der Waals surface area contributed by atoms with Crippen molar-refractivity contribution in [1.82, 2.24) is 10.4 Å². The lowest BCUT2D eigenvalue weighted by atomic mass is 10.0. The maximum atomic E-state index is 12.7. The molecule has 0 aromatic heterocycles. The molecule has 0 saturated carbocycles. The van der Waals surface area contributed by atoms with Crippen molar-refractivity contribution in [3.05, 3.63) is 35.9 Å². The minimum absolute atomic E-state index is 0.114. The molecule has 2 aliphatic rings. The Labute approximate surface area is 141 Å². The van der Waals surface area contributed by atoms with Gasteiger partial charge in [-0.1, -0.05) is 30.3 Å². The molecule has 0 radical (unpaired) electrons. The lowest BCUT2D eigenvalue weighted by molar-refractivity contribution is -0.202. The fourth-order valence-corrected chi connectivity index (χ4v) is 3.91. The number of nitrogens with one attached hydrogen (secondary N) is 1. The second-order valence-corrected chi connectivity index (χ2v) is 7.07. The molecule has 1 aromatic rings. The van der Waals surface area contributed by atoms with Crippen LogP contribution in [0.4, 0.5) is 0 Å². The summed E-state index contributed by atoms with van der Waals surface area (Å²) in [4.78, 5) is 20.5. The van der Waals surface area contributed by atoms with Crippen molar-refractivity contribution in [3.8, 4) is 0 Å². The molecule has 6 heteroatoms. The van der Waals surface area contributed by atoms with E-state index < -0.39 is 0 Å². The first kappa shape index (κ1) is 16.8. The molecule has 2 aliphatic heterocycles. The number of nitrogens with zero attached hydrogens (tertiary/aromatic N) is 1. The van der Waals surface area contributed by atoms with Crippen molar-refractivity contribution in [2.75, 3.05) is 31.2 Å². The fourth-order valence-electron chi connectivity index (χ4n) is 2.98. The molecular formula is C17H24N2O3S. The van der Waals surface area contributed by atoms with E-state index >= 15 is 0 Å². The van der Waals surface area contributed by atoms with Gasteiger partial charge in [0.05, 0.1) is 0 Å². The first-order chi connectivity index (χ1) is 11.3. The Hall–Kier alpha value is -1.08. The van der Waals surface area contributed by atoms with Crippen molar-refractivity contribution < 1.29 is 14.4 Å². The molecule has 2 fully saturated rings. The van der Waals surface area contributed by atoms with Crippen LogP contribution in [0.15, 0.2) is 30.3 Å². The average molecular weight is 336 g/mol. The van der Waals surface area contributed by atoms with Crippen LogP contribution in [0.1, 0.15) is 30.9 Å². The van der Waals surface area contributed by atoms with Crippen LogP contribution in [0.3, 0.4) is 0 Å². The molecule has 1 aromatic carbocycles. The second-order valence-electron chi connectivity index (χ2n) is 5.84. The predicted octanol–water partition coefficient (Wildman–Crippen LogP) is 2.35. The molecule has 1 amide bonds. The number of hydrogen-bond donors (Lipinski definition) is 1. The van der Waals surface area contributed by atoms with E-state index in [4.69, 9.17) is 9.57 Å². The lowest BCUT2D eigenvalue weighted by Crippen LogP contribution is -2.45. The van der Waals surface area contributed by atoms with Gasteiger partial charge in [-0.15, -0.1) is 0 Å². The Kier molecular flexibility index (Phi) is 6.33. The van der Waals surface area contributed by atoms with E-state index in [1.54, 1.807) is 0 Å². The number of hydrogen-bond acceptors (Lipinski definition) is 5. The van der Waals surface area contributed by atoms with Crippen molar-refractivity contribution in [3.63, 3.8) is 0 Å². The van der Waals surface area contributed by atoms with E-state index in [2.05, 4.69) is 10.4 Å². The highest BCUT2D eigenvalue weighted by Crippen LogP contribution is 2.24. The van der Waals surface area contributed by atoms with Gasteiger partial charge in [-0.3, -0.25) is 9.69 Å². The average Bonchev–Trinajstić information content (AvgIpc) is 2.63. The summed E-state index contributed by atoms with van der Waals surface area (Å²) in [7, 11) is 0. The Morgan fingerprint density at radius 2 is 2.04 bits per heavy atom. The number of ether oxygens (including phenoxy) is 1. The molecule has 23 heavy (non-hydrogen) atoms. The molecule has 0 spiro atoms. The van der Waals surface area contributed by atoms with Gasteiger partial charge in [0.15, 0.2) is 6.29 Å². The Bertz CT molecular complexity index is 488. The third-order valence-corrected chi connectivity index (χ3v) is 5.15. The molecule has 0 bridgehead atoms. The molecule has 5 nitrogen and oxygen atoms in total. The molecule has 0 aliphatic carbocycles. The SMILES string of the molecule is O=C(NO[C@@H]1CCCCO1)[C@H](c1ccccc1)N1CCSCC1. The van der Waals surface area contributed by atoms with Gasteiger partial charge in [-0.05, 0) is 18.4 Å². The number of carbonyl (C=O) groups excluding carboxylic acids is 1. The Morgan fingerprint density at radius 3 is 2.74 bits per heavy atom. The van der Waals surface area contributed by atoms with E-state index in [0.717, 1.165) is 49.4 Å². The quantitative estimate of drug-likeness (QED) is 0.837. The third kappa shape index (κ3) is 4.70. The smallest absolute Gasteiger partial charge is 0.265 e. The van der Waals surface area contributed by atoms with Gasteiger partial charge in [-0.25, -0.2) is 10.3 Å². The molecule has 2 saturated heterocycles. The van der Waals surface area contributed by atoms with Crippen LogP contribution in [0.2, 0.25) is 0 Å². The van der Waals surface area contributed by atoms with Crippen LogP contribution in [0.25, 0.3) is 0 Å². The maximum absolute atomic E-state index is 12.7. The minimum atomic E-state index is -0.318. The van der Waals surface area contributed by atoms with Crippen LogP contribution in [-0.4, -0.2) is 48.3 Å². The summed E-state index contributed by atoms with van der Waals surface area (Å²) in [5, 5.41) is 0. The van der Waals surface area contributed by atoms with Gasteiger partial charge in [0.2, 0.25) is 0 Å². The maximum Gasteiger partial charge on any atom is 0.265 e. The Balaban J connectivity index is 1.65. The minimum Gasteiger partial charge on any atom is -0.350 e. The van der Waals surface area contributed by atoms with Crippen LogP contribution in [0, 0.1) is 0 Å². The van der Waals surface area contributed by atoms with Crippen LogP contribution < -0.4 is 5.48 Å². The number of thioether (sulfide) groups is 1. The van der Waals surface area contributed by atoms with Crippen molar-refractivity contribution in [1.29, 1.82) is 0 Å². The van der Waals surface area contributed by atoms with Gasteiger partial charge in [-0.2, -0.15) is 11.8 Å². The zero-order valence-electron chi connectivity index (χ0n) is 13.3. The molecule has 3 rings (SSSR count). The number of benzene rings is 1. The summed E-state index contributed by atoms with van der Waals surface area (Å²) in [6.07, 6.45) is 2.65. The van der Waals surface area contributed by atoms with E-state index in [1.165, 1.54) is 0 Å². The summed E-state index contributed by atoms with van der Waals surface area (Å²) in [6.45, 7) is 2.53. The Morgan fingerprint density at radius 1 is 1.26 bits per heavy atom. The highest BCUT2D eigenvalue weighted by molar-refractivity contribution is 7.99. The topological polar surface area (TPSA) is 50.8 Å². The standard InChI is InChI=1S/C17H24N2O3S/c20-17(18-22-15-8-4-5-11-21-15)16(14-6-2-1-3-7-14)19-9-12-23-13-10-19/h1-3,6-7,15-16H,4-5,8-13H2,(H,18,20)/t15-,16+/m1/s1. The van der Waals surface area contributed by atoms with E-state index in [0.29, 0.717) is 6.61 Å². The van der Waals surface area contributed by atoms with E-state index in [1.807, 2.05) is 42.1 Å². The number of amides is 1. The van der Waals surface area contributed by atoms with Crippen molar-refractivity contribution in [2.45, 2.75) is 31.6 Å². The number of carbonyl (C=O) groups is 1. The van der Waals surface area contributed by atoms with Gasteiger partial charge in [0.1, 0.15) is 6.04 Å². The number of hydroxylamine groups is 1. The molecule has 0 unspecified atom stereocenters. The summed E-state index contributed by atoms with van der Waals surface area (Å²) in [5.74, 6) is 2.00. The fraction of sp³-hybridized carbons (Fsp3) is 0.588. The van der Waals surface area contributed by atoms with Gasteiger partial charge in [0.25, 0.3) is 5.91 Å². The van der Waals surface area contributed by atoms with E-state index in [9.17, 15) is 4.79 Å². The van der Waals surface area contributed by atoms with E-state index in [-0.39, 0.29) is 18.2 Å². The van der Waals surface area contributed by atoms with Crippen LogP contribution in [-0.2, 0) is 14.4 Å². The molecule has 2 heterocycles. The lowest BCUT2D eigenvalue weighted by Gasteiger charge is -2.34. The number of rotatable bonds is 5. The van der Waals surface area contributed by atoms with Crippen molar-refractivity contribution in [2.24, 2.45) is 0 Å². The van der Waals surface area contributed by atoms with Gasteiger partial charge >= 0.3 is 0 Å². The predicted molar refractivity (Wildman–Crippen MR) is 90.9 cm³/mol. The van der Waals surface area contributed by atoms with Gasteiger partial charge in [0, 0.05) is 37.6 Å². The van der Waals surface area contributed by atoms with Crippen LogP contribution >= 0.6 is 11.8 Å². The van der Waals surface area contributed by atoms with Gasteiger partial charge < -0.3 is 4.74 Å². The zero-order valence-corrected chi connectivity index (χ0v) is 14.1. The first-order valence-corrected chi connectivity index (χ1v) is 9.44. The summed E-state index contributed by atoms with van der Waals surface area (Å²) < 4.78 is 5.51. The molecular weight excluding hydrogens is 312 g/mol. The second kappa shape index (κ2) is 8.68. The normalized spacial score (nSPS) is 24.1. The van der Waals surface area contributed by atoms with Crippen LogP contribution in [0.5, 0.6) is 0 Å². The molecule has 1 N–H and O–H groups in total. The highest BCUT2D eigenvalue weighted by atomic mass is 32.2. The monoisotopic (exact) mass is 336 g/mol. The largest absolute Gasteiger partial charge is 0.350 e. The molecule has 2 atom stereocenters. The first-order valence-electron chi connectivity index (χ1n) is 8.28. The highest BCUT2D eigenvalue weighted by Gasteiger charge is 2.29. The zero-order chi connectivity index (χ0) is 15.9.